The Morgan fingerprint density at radius 3 is 1.87 bits per heavy atom. The minimum atomic E-state index is -0.769. The molecule has 0 saturated carbocycles. The maximum absolute atomic E-state index is 12.8. The smallest absolute Gasteiger partial charge is 0.251 e. The van der Waals surface area contributed by atoms with Crippen LogP contribution < -0.4 is 20.4 Å². The zero-order valence-electron chi connectivity index (χ0n) is 18.7. The quantitative estimate of drug-likeness (QED) is 0.662. The van der Waals surface area contributed by atoms with Crippen LogP contribution in [-0.2, 0) is 4.74 Å². The van der Waals surface area contributed by atoms with Gasteiger partial charge in [-0.3, -0.25) is 9.59 Å². The Hall–Kier alpha value is -3.06. The third-order valence-corrected chi connectivity index (χ3v) is 4.77. The molecule has 2 rings (SSSR count). The molecule has 0 unspecified atom stereocenters. The molecule has 2 N–H and O–H groups in total. The second kappa shape index (κ2) is 10.1. The van der Waals surface area contributed by atoms with Crippen molar-refractivity contribution in [2.75, 3.05) is 58.3 Å². The Morgan fingerprint density at radius 2 is 1.40 bits per heavy atom. The third-order valence-electron chi connectivity index (χ3n) is 4.77. The summed E-state index contributed by atoms with van der Waals surface area (Å²) in [5.41, 5.74) is 2.22. The zero-order chi connectivity index (χ0) is 22.3. The summed E-state index contributed by atoms with van der Waals surface area (Å²) in [6.07, 6.45) is 0. The van der Waals surface area contributed by atoms with E-state index in [4.69, 9.17) is 4.74 Å². The van der Waals surface area contributed by atoms with E-state index in [9.17, 15) is 9.59 Å². The first-order valence-electron chi connectivity index (χ1n) is 9.79. The van der Waals surface area contributed by atoms with Gasteiger partial charge in [-0.15, -0.1) is 0 Å². The predicted octanol–water partition coefficient (Wildman–Crippen LogP) is 2.38. The van der Waals surface area contributed by atoms with Crippen molar-refractivity contribution >= 4 is 23.2 Å². The molecule has 0 heterocycles. The van der Waals surface area contributed by atoms with E-state index in [0.29, 0.717) is 11.1 Å². The molecule has 162 valence electrons. The lowest BCUT2D eigenvalue weighted by molar-refractivity contribution is 0.0756. The van der Waals surface area contributed by atoms with Crippen molar-refractivity contribution in [2.45, 2.75) is 12.5 Å². The first-order chi connectivity index (χ1) is 14.1. The number of hydrogen-bond donors (Lipinski definition) is 2. The highest BCUT2D eigenvalue weighted by Gasteiger charge is 2.28. The largest absolute Gasteiger partial charge is 0.382 e. The summed E-state index contributed by atoms with van der Waals surface area (Å²) in [5.74, 6) is -0.424. The summed E-state index contributed by atoms with van der Waals surface area (Å²) in [4.78, 5) is 29.4. The van der Waals surface area contributed by atoms with Crippen LogP contribution in [0.15, 0.2) is 48.5 Å². The Morgan fingerprint density at radius 1 is 0.900 bits per heavy atom. The number of amides is 2. The van der Waals surface area contributed by atoms with Crippen LogP contribution >= 0.6 is 0 Å². The standard InChI is InChI=1S/C23H32N4O3/c1-23(16-30-6,25-22(29)18-10-8-12-20(14-18)27(4)5)15-24-21(28)17-9-7-11-19(13-17)26(2)3/h7-14H,15-16H2,1-6H3,(H,24,28)(H,25,29)/t23-/m1/s1. The van der Waals surface area contributed by atoms with E-state index in [1.165, 1.54) is 0 Å². The first-order valence-corrected chi connectivity index (χ1v) is 9.79. The number of hydrogen-bond acceptors (Lipinski definition) is 5. The third kappa shape index (κ3) is 6.22. The molecule has 1 atom stereocenters. The van der Waals surface area contributed by atoms with Crippen molar-refractivity contribution in [2.24, 2.45) is 0 Å². The topological polar surface area (TPSA) is 73.9 Å². The molecule has 0 radical (unpaired) electrons. The van der Waals surface area contributed by atoms with Gasteiger partial charge in [-0.05, 0) is 43.3 Å². The predicted molar refractivity (Wildman–Crippen MR) is 122 cm³/mol. The van der Waals surface area contributed by atoms with E-state index in [1.54, 1.807) is 19.2 Å². The molecule has 2 amide bonds. The van der Waals surface area contributed by atoms with Gasteiger partial charge >= 0.3 is 0 Å². The number of methoxy groups -OCH3 is 1. The number of rotatable bonds is 9. The molecule has 0 bridgehead atoms. The highest BCUT2D eigenvalue weighted by atomic mass is 16.5. The molecule has 7 nitrogen and oxygen atoms in total. The Bertz CT molecular complexity index is 882. The second-order valence-electron chi connectivity index (χ2n) is 8.02. The molecular weight excluding hydrogens is 380 g/mol. The lowest BCUT2D eigenvalue weighted by Crippen LogP contribution is -2.56. The molecule has 0 aliphatic heterocycles. The van der Waals surface area contributed by atoms with E-state index in [-0.39, 0.29) is 25.0 Å². The van der Waals surface area contributed by atoms with Gasteiger partial charge in [0, 0.05) is 64.3 Å². The monoisotopic (exact) mass is 412 g/mol. The number of benzene rings is 2. The van der Waals surface area contributed by atoms with Crippen LogP contribution in [0, 0.1) is 0 Å². The van der Waals surface area contributed by atoms with Gasteiger partial charge in [-0.2, -0.15) is 0 Å². The molecule has 0 aliphatic carbocycles. The van der Waals surface area contributed by atoms with E-state index in [1.807, 2.05) is 81.3 Å². The second-order valence-corrected chi connectivity index (χ2v) is 8.02. The number of ether oxygens (including phenoxy) is 1. The number of carbonyl (C=O) groups excluding carboxylic acids is 2. The van der Waals surface area contributed by atoms with Crippen LogP contribution in [0.5, 0.6) is 0 Å². The molecule has 7 heteroatoms. The lowest BCUT2D eigenvalue weighted by atomic mass is 10.0. The van der Waals surface area contributed by atoms with Gasteiger partial charge in [0.2, 0.25) is 0 Å². The van der Waals surface area contributed by atoms with Gasteiger partial charge in [0.05, 0.1) is 12.1 Å². The number of nitrogens with one attached hydrogen (secondary N) is 2. The number of carbonyl (C=O) groups is 2. The van der Waals surface area contributed by atoms with Gasteiger partial charge in [0.25, 0.3) is 11.8 Å². The van der Waals surface area contributed by atoms with E-state index >= 15 is 0 Å². The van der Waals surface area contributed by atoms with E-state index in [2.05, 4.69) is 10.6 Å². The molecule has 0 aromatic heterocycles. The molecule has 0 saturated heterocycles. The average molecular weight is 413 g/mol. The maximum Gasteiger partial charge on any atom is 0.251 e. The highest BCUT2D eigenvalue weighted by molar-refractivity contribution is 5.96. The highest BCUT2D eigenvalue weighted by Crippen LogP contribution is 2.16. The van der Waals surface area contributed by atoms with Crippen molar-refractivity contribution in [1.29, 1.82) is 0 Å². The van der Waals surface area contributed by atoms with E-state index < -0.39 is 5.54 Å². The van der Waals surface area contributed by atoms with Crippen molar-refractivity contribution in [3.8, 4) is 0 Å². The van der Waals surface area contributed by atoms with E-state index in [0.717, 1.165) is 11.4 Å². The van der Waals surface area contributed by atoms with Crippen LogP contribution in [0.2, 0.25) is 0 Å². The van der Waals surface area contributed by atoms with Gasteiger partial charge in [0.15, 0.2) is 0 Å². The molecular formula is C23H32N4O3. The lowest BCUT2D eigenvalue weighted by Gasteiger charge is -2.30. The molecule has 2 aromatic rings. The van der Waals surface area contributed by atoms with Crippen LogP contribution in [0.4, 0.5) is 11.4 Å². The fourth-order valence-corrected chi connectivity index (χ4v) is 3.02. The Labute approximate surface area is 179 Å². The summed E-state index contributed by atoms with van der Waals surface area (Å²) in [5, 5.41) is 5.92. The average Bonchev–Trinajstić information content (AvgIpc) is 2.72. The maximum atomic E-state index is 12.8. The summed E-state index contributed by atoms with van der Waals surface area (Å²) < 4.78 is 5.31. The van der Waals surface area contributed by atoms with Crippen molar-refractivity contribution < 1.29 is 14.3 Å². The SMILES string of the molecule is COC[C@@](C)(CNC(=O)c1cccc(N(C)C)c1)NC(=O)c1cccc(N(C)C)c1. The van der Waals surface area contributed by atoms with Gasteiger partial charge in [0.1, 0.15) is 0 Å². The minimum Gasteiger partial charge on any atom is -0.382 e. The van der Waals surface area contributed by atoms with Crippen molar-refractivity contribution in [3.05, 3.63) is 59.7 Å². The van der Waals surface area contributed by atoms with Crippen LogP contribution in [0.25, 0.3) is 0 Å². The molecule has 0 fully saturated rings. The van der Waals surface area contributed by atoms with Crippen molar-refractivity contribution in [3.63, 3.8) is 0 Å². The zero-order valence-corrected chi connectivity index (χ0v) is 18.7. The van der Waals surface area contributed by atoms with Gasteiger partial charge < -0.3 is 25.2 Å². The molecule has 2 aromatic carbocycles. The fraction of sp³-hybridized carbons (Fsp3) is 0.391. The summed E-state index contributed by atoms with van der Waals surface area (Å²) >= 11 is 0. The normalized spacial score (nSPS) is 12.6. The Kier molecular flexibility index (Phi) is 7.83. The Balaban J connectivity index is 2.10. The summed E-state index contributed by atoms with van der Waals surface area (Å²) in [6.45, 7) is 2.33. The minimum absolute atomic E-state index is 0.204. The van der Waals surface area contributed by atoms with Crippen molar-refractivity contribution in [1.82, 2.24) is 10.6 Å². The molecule has 0 aliphatic rings. The van der Waals surface area contributed by atoms with Crippen LogP contribution in [-0.4, -0.2) is 65.8 Å². The van der Waals surface area contributed by atoms with Gasteiger partial charge in [-0.25, -0.2) is 0 Å². The molecule has 0 spiro atoms. The summed E-state index contributed by atoms with van der Waals surface area (Å²) in [7, 11) is 9.26. The van der Waals surface area contributed by atoms with Crippen LogP contribution in [0.3, 0.4) is 0 Å². The van der Waals surface area contributed by atoms with Crippen LogP contribution in [0.1, 0.15) is 27.6 Å². The summed E-state index contributed by atoms with van der Waals surface area (Å²) in [6, 6.07) is 14.8. The molecule has 30 heavy (non-hydrogen) atoms. The fourth-order valence-electron chi connectivity index (χ4n) is 3.02. The number of nitrogens with zero attached hydrogens (tertiary/aromatic N) is 2. The first kappa shape index (κ1) is 23.2. The van der Waals surface area contributed by atoms with Gasteiger partial charge in [-0.1, -0.05) is 12.1 Å². The number of anilines is 2.